The highest BCUT2D eigenvalue weighted by Crippen LogP contribution is 2.43. The highest BCUT2D eigenvalue weighted by Gasteiger charge is 2.54. The number of Topliss-reactive ketones (excluding diaryl/α,β-unsaturated/α-hetero) is 1. The number of alkyl halides is 2. The molecule has 2 fully saturated rings. The molecule has 35 heavy (non-hydrogen) atoms. The van der Waals surface area contributed by atoms with E-state index in [0.717, 1.165) is 27.7 Å². The number of fused-ring (bicyclic) bond motifs is 1. The van der Waals surface area contributed by atoms with Gasteiger partial charge in [-0.2, -0.15) is 5.01 Å². The predicted molar refractivity (Wildman–Crippen MR) is 133 cm³/mol. The number of carbonyl (C=O) groups excluding carboxylic acids is 4. The minimum absolute atomic E-state index is 0.0134. The SMILES string of the molecule is Cc1ccc(C(=O)CN(C(=O)c2ccc([N+](=O)[O-])cc2)N2C(=O)[C@@H]3C[C@@H](Br)[C@@H](Br)C[C@H]3C2=O)cc1. The van der Waals surface area contributed by atoms with Crippen molar-refractivity contribution in [3.8, 4) is 0 Å². The molecule has 0 aromatic heterocycles. The summed E-state index contributed by atoms with van der Waals surface area (Å²) in [7, 11) is 0. The van der Waals surface area contributed by atoms with Crippen molar-refractivity contribution >= 4 is 61.1 Å². The van der Waals surface area contributed by atoms with Crippen molar-refractivity contribution in [1.82, 2.24) is 10.0 Å². The van der Waals surface area contributed by atoms with Crippen LogP contribution < -0.4 is 0 Å². The number of benzene rings is 2. The van der Waals surface area contributed by atoms with Gasteiger partial charge in [-0.15, -0.1) is 0 Å². The van der Waals surface area contributed by atoms with Gasteiger partial charge in [0, 0.05) is 32.9 Å². The normalized spacial score (nSPS) is 23.7. The van der Waals surface area contributed by atoms with Gasteiger partial charge in [-0.25, -0.2) is 5.01 Å². The molecule has 11 heteroatoms. The fourth-order valence-corrected chi connectivity index (χ4v) is 5.63. The number of non-ortho nitro benzene ring substituents is 1. The Bertz CT molecular complexity index is 1170. The summed E-state index contributed by atoms with van der Waals surface area (Å²) >= 11 is 7.07. The van der Waals surface area contributed by atoms with Gasteiger partial charge < -0.3 is 0 Å². The van der Waals surface area contributed by atoms with E-state index < -0.39 is 46.8 Å². The molecule has 182 valence electrons. The number of aryl methyl sites for hydroxylation is 1. The van der Waals surface area contributed by atoms with Gasteiger partial charge >= 0.3 is 0 Å². The standard InChI is InChI=1S/C24H21Br2N3O6/c1-13-2-4-14(5-3-13)21(30)12-27(22(31)15-6-8-16(9-7-15)29(34)35)28-23(32)17-10-19(25)20(26)11-18(17)24(28)33/h2-9,17-20H,10-12H2,1H3/t17-,18-,19-,20+/m1/s1. The molecule has 2 aromatic rings. The van der Waals surface area contributed by atoms with Gasteiger partial charge in [-0.3, -0.25) is 29.3 Å². The van der Waals surface area contributed by atoms with E-state index in [1.165, 1.54) is 12.1 Å². The Balaban J connectivity index is 1.69. The molecule has 4 rings (SSSR count). The van der Waals surface area contributed by atoms with Gasteiger partial charge in [0.05, 0.1) is 16.8 Å². The van der Waals surface area contributed by atoms with Crippen LogP contribution in [0.1, 0.15) is 39.1 Å². The third kappa shape index (κ3) is 4.92. The van der Waals surface area contributed by atoms with Crippen molar-refractivity contribution in [2.24, 2.45) is 11.8 Å². The number of amides is 3. The lowest BCUT2D eigenvalue weighted by atomic mass is 9.81. The first-order valence-electron chi connectivity index (χ1n) is 10.9. The molecule has 4 atom stereocenters. The molecule has 2 aromatic carbocycles. The van der Waals surface area contributed by atoms with Crippen LogP contribution in [0.15, 0.2) is 48.5 Å². The van der Waals surface area contributed by atoms with Gasteiger partial charge in [0.25, 0.3) is 23.4 Å². The Labute approximate surface area is 217 Å². The van der Waals surface area contributed by atoms with Crippen LogP contribution in [-0.4, -0.2) is 54.6 Å². The third-order valence-electron chi connectivity index (χ3n) is 6.36. The van der Waals surface area contributed by atoms with Crippen LogP contribution >= 0.6 is 31.9 Å². The van der Waals surface area contributed by atoms with Crippen molar-refractivity contribution < 1.29 is 24.1 Å². The quantitative estimate of drug-likeness (QED) is 0.161. The minimum Gasteiger partial charge on any atom is -0.292 e. The van der Waals surface area contributed by atoms with Crippen LogP contribution in [0, 0.1) is 28.9 Å². The maximum atomic E-state index is 13.5. The molecule has 1 saturated heterocycles. The molecule has 0 unspecified atom stereocenters. The summed E-state index contributed by atoms with van der Waals surface area (Å²) < 4.78 is 0. The van der Waals surface area contributed by atoms with E-state index in [-0.39, 0.29) is 20.9 Å². The number of hydrazine groups is 1. The van der Waals surface area contributed by atoms with Gasteiger partial charge in [-0.1, -0.05) is 61.7 Å². The Hall–Kier alpha value is -2.92. The molecule has 9 nitrogen and oxygen atoms in total. The van der Waals surface area contributed by atoms with Crippen molar-refractivity contribution in [2.75, 3.05) is 6.54 Å². The third-order valence-corrected chi connectivity index (χ3v) is 9.09. The summed E-state index contributed by atoms with van der Waals surface area (Å²) in [6.45, 7) is 1.33. The number of halogens is 2. The summed E-state index contributed by atoms with van der Waals surface area (Å²) in [4.78, 5) is 63.7. The number of nitrogens with zero attached hydrogens (tertiary/aromatic N) is 3. The smallest absolute Gasteiger partial charge is 0.273 e. The molecule has 1 aliphatic carbocycles. The monoisotopic (exact) mass is 605 g/mol. The zero-order chi connectivity index (χ0) is 25.4. The molecule has 1 aliphatic heterocycles. The summed E-state index contributed by atoms with van der Waals surface area (Å²) in [5.74, 6) is -3.50. The fraction of sp³-hybridized carbons (Fsp3) is 0.333. The minimum atomic E-state index is -0.772. The van der Waals surface area contributed by atoms with Gasteiger partial charge in [0.2, 0.25) is 0 Å². The summed E-state index contributed by atoms with van der Waals surface area (Å²) in [6, 6.07) is 11.5. The van der Waals surface area contributed by atoms with E-state index >= 15 is 0 Å². The second kappa shape index (κ2) is 9.98. The topological polar surface area (TPSA) is 118 Å². The number of ketones is 1. The second-order valence-corrected chi connectivity index (χ2v) is 11.0. The van der Waals surface area contributed by atoms with Gasteiger partial charge in [0.15, 0.2) is 5.78 Å². The molecule has 0 bridgehead atoms. The van der Waals surface area contributed by atoms with Crippen molar-refractivity contribution in [2.45, 2.75) is 29.4 Å². The van der Waals surface area contributed by atoms with Crippen molar-refractivity contribution in [3.63, 3.8) is 0 Å². The van der Waals surface area contributed by atoms with Crippen LogP contribution in [0.2, 0.25) is 0 Å². The lowest BCUT2D eigenvalue weighted by Gasteiger charge is -2.30. The first kappa shape index (κ1) is 25.2. The van der Waals surface area contributed by atoms with E-state index in [4.69, 9.17) is 0 Å². The molecular formula is C24H21Br2N3O6. The van der Waals surface area contributed by atoms with Gasteiger partial charge in [-0.05, 0) is 31.9 Å². The van der Waals surface area contributed by atoms with Crippen LogP contribution in [0.25, 0.3) is 0 Å². The molecule has 0 spiro atoms. The largest absolute Gasteiger partial charge is 0.292 e. The average Bonchev–Trinajstić information content (AvgIpc) is 3.06. The number of nitro groups is 1. The molecule has 1 saturated carbocycles. The maximum Gasteiger partial charge on any atom is 0.273 e. The molecule has 1 heterocycles. The highest BCUT2D eigenvalue weighted by atomic mass is 79.9. The Morgan fingerprint density at radius 2 is 1.43 bits per heavy atom. The van der Waals surface area contributed by atoms with Crippen LogP contribution in [0.3, 0.4) is 0 Å². The first-order chi connectivity index (χ1) is 16.6. The Morgan fingerprint density at radius 3 is 1.91 bits per heavy atom. The molecule has 2 aliphatic rings. The summed E-state index contributed by atoms with van der Waals surface area (Å²) in [6.07, 6.45) is 0.820. The Kier molecular flexibility index (Phi) is 7.18. The molecule has 0 N–H and O–H groups in total. The zero-order valence-corrected chi connectivity index (χ0v) is 21.8. The second-order valence-electron chi connectivity index (χ2n) is 8.66. The van der Waals surface area contributed by atoms with Crippen LogP contribution in [0.5, 0.6) is 0 Å². The highest BCUT2D eigenvalue weighted by molar-refractivity contribution is 9.12. The number of hydrogen-bond donors (Lipinski definition) is 0. The number of carbonyl (C=O) groups is 4. The first-order valence-corrected chi connectivity index (χ1v) is 12.7. The van der Waals surface area contributed by atoms with Crippen LogP contribution in [0.4, 0.5) is 5.69 Å². The van der Waals surface area contributed by atoms with E-state index in [1.807, 2.05) is 6.92 Å². The number of rotatable bonds is 6. The van der Waals surface area contributed by atoms with E-state index in [0.29, 0.717) is 18.4 Å². The summed E-state index contributed by atoms with van der Waals surface area (Å²) in [5, 5.41) is 12.7. The van der Waals surface area contributed by atoms with Crippen LogP contribution in [-0.2, 0) is 9.59 Å². The fourth-order valence-electron chi connectivity index (χ4n) is 4.39. The molecular weight excluding hydrogens is 586 g/mol. The van der Waals surface area contributed by atoms with Crippen molar-refractivity contribution in [3.05, 3.63) is 75.3 Å². The number of hydrogen-bond acceptors (Lipinski definition) is 6. The lowest BCUT2D eigenvalue weighted by Crippen LogP contribution is -2.52. The Morgan fingerprint density at radius 1 is 0.943 bits per heavy atom. The average molecular weight is 607 g/mol. The number of nitro benzene ring substituents is 1. The molecule has 0 radical (unpaired) electrons. The van der Waals surface area contributed by atoms with Gasteiger partial charge in [0.1, 0.15) is 6.54 Å². The summed E-state index contributed by atoms with van der Waals surface area (Å²) in [5.41, 5.74) is 1.08. The molecule has 3 amide bonds. The predicted octanol–water partition coefficient (Wildman–Crippen LogP) is 4.07. The van der Waals surface area contributed by atoms with Crippen molar-refractivity contribution in [1.29, 1.82) is 0 Å². The lowest BCUT2D eigenvalue weighted by molar-refractivity contribution is -0.384. The number of imide groups is 1. The van der Waals surface area contributed by atoms with E-state index in [2.05, 4.69) is 31.9 Å². The maximum absolute atomic E-state index is 13.5. The van der Waals surface area contributed by atoms with E-state index in [9.17, 15) is 29.3 Å². The van der Waals surface area contributed by atoms with E-state index in [1.54, 1.807) is 24.3 Å². The zero-order valence-electron chi connectivity index (χ0n) is 18.6.